The zero-order valence-corrected chi connectivity index (χ0v) is 9.19. The molecule has 4 nitrogen and oxygen atoms in total. The molecule has 0 aliphatic carbocycles. The third-order valence-electron chi connectivity index (χ3n) is 1.44. The van der Waals surface area contributed by atoms with Gasteiger partial charge in [0.1, 0.15) is 0 Å². The van der Waals surface area contributed by atoms with Gasteiger partial charge in [0.2, 0.25) is 5.82 Å². The fraction of sp³-hybridized carbons (Fsp3) is 0.222. The molecule has 0 aliphatic heterocycles. The van der Waals surface area contributed by atoms with E-state index >= 15 is 0 Å². The van der Waals surface area contributed by atoms with Crippen molar-refractivity contribution >= 4 is 28.0 Å². The van der Waals surface area contributed by atoms with Crippen molar-refractivity contribution in [2.45, 2.75) is 0 Å². The number of halogens is 1. The van der Waals surface area contributed by atoms with E-state index in [1.165, 1.54) is 7.11 Å². The van der Waals surface area contributed by atoms with Crippen LogP contribution < -0.4 is 0 Å². The van der Waals surface area contributed by atoms with Gasteiger partial charge in [-0.15, -0.1) is 0 Å². The van der Waals surface area contributed by atoms with Gasteiger partial charge >= 0.3 is 5.97 Å². The molecular formula is C9H9BrN2O2. The SMILES string of the molecule is COC(=O)c1ncc(C=CCBr)cn1. The van der Waals surface area contributed by atoms with Crippen LogP contribution in [0.4, 0.5) is 0 Å². The van der Waals surface area contributed by atoms with Gasteiger partial charge in [-0.1, -0.05) is 28.1 Å². The van der Waals surface area contributed by atoms with Crippen LogP contribution in [0.2, 0.25) is 0 Å². The molecule has 0 N–H and O–H groups in total. The van der Waals surface area contributed by atoms with Gasteiger partial charge < -0.3 is 4.74 Å². The van der Waals surface area contributed by atoms with Crippen LogP contribution in [0.15, 0.2) is 18.5 Å². The summed E-state index contributed by atoms with van der Waals surface area (Å²) in [7, 11) is 1.30. The first-order valence-corrected chi connectivity index (χ1v) is 5.03. The van der Waals surface area contributed by atoms with Crippen LogP contribution >= 0.6 is 15.9 Å². The van der Waals surface area contributed by atoms with E-state index in [0.29, 0.717) is 0 Å². The van der Waals surface area contributed by atoms with Gasteiger partial charge in [0.05, 0.1) is 7.11 Å². The highest BCUT2D eigenvalue weighted by Gasteiger charge is 2.06. The zero-order valence-electron chi connectivity index (χ0n) is 7.61. The molecule has 5 heteroatoms. The number of alkyl halides is 1. The Morgan fingerprint density at radius 3 is 2.71 bits per heavy atom. The van der Waals surface area contributed by atoms with Crippen molar-refractivity contribution in [3.8, 4) is 0 Å². The summed E-state index contributed by atoms with van der Waals surface area (Å²) in [5, 5.41) is 0.770. The molecule has 14 heavy (non-hydrogen) atoms. The number of nitrogens with zero attached hydrogens (tertiary/aromatic N) is 2. The normalized spacial score (nSPS) is 10.4. The van der Waals surface area contributed by atoms with Gasteiger partial charge in [-0.25, -0.2) is 14.8 Å². The quantitative estimate of drug-likeness (QED) is 0.610. The van der Waals surface area contributed by atoms with Crippen LogP contribution in [0.3, 0.4) is 0 Å². The Kier molecular flexibility index (Phi) is 4.25. The monoisotopic (exact) mass is 256 g/mol. The molecule has 1 heterocycles. The number of carbonyl (C=O) groups is 1. The summed E-state index contributed by atoms with van der Waals surface area (Å²) in [6.07, 6.45) is 6.91. The van der Waals surface area contributed by atoms with Gasteiger partial charge in [-0.2, -0.15) is 0 Å². The Hall–Kier alpha value is -1.23. The molecular weight excluding hydrogens is 248 g/mol. The summed E-state index contributed by atoms with van der Waals surface area (Å²) in [4.78, 5) is 18.7. The van der Waals surface area contributed by atoms with E-state index in [9.17, 15) is 4.79 Å². The lowest BCUT2D eigenvalue weighted by Crippen LogP contribution is -2.06. The van der Waals surface area contributed by atoms with E-state index in [-0.39, 0.29) is 5.82 Å². The van der Waals surface area contributed by atoms with Crippen LogP contribution in [0, 0.1) is 0 Å². The number of methoxy groups -OCH3 is 1. The second kappa shape index (κ2) is 5.49. The van der Waals surface area contributed by atoms with Crippen molar-refractivity contribution in [2.24, 2.45) is 0 Å². The van der Waals surface area contributed by atoms with Crippen molar-refractivity contribution in [3.05, 3.63) is 29.9 Å². The van der Waals surface area contributed by atoms with Crippen LogP contribution in [-0.4, -0.2) is 28.4 Å². The maximum atomic E-state index is 11.0. The average molecular weight is 257 g/mol. The third kappa shape index (κ3) is 2.92. The van der Waals surface area contributed by atoms with Crippen LogP contribution in [0.1, 0.15) is 16.2 Å². The number of hydrogen-bond donors (Lipinski definition) is 0. The number of esters is 1. The summed E-state index contributed by atoms with van der Waals surface area (Å²) in [6, 6.07) is 0. The Labute approximate surface area is 90.1 Å². The molecule has 0 radical (unpaired) electrons. The number of aromatic nitrogens is 2. The van der Waals surface area contributed by atoms with Crippen molar-refractivity contribution in [2.75, 3.05) is 12.4 Å². The molecule has 0 saturated carbocycles. The van der Waals surface area contributed by atoms with Crippen molar-refractivity contribution in [1.29, 1.82) is 0 Å². The summed E-state index contributed by atoms with van der Waals surface area (Å²) in [5.74, 6) is -0.454. The first-order chi connectivity index (χ1) is 6.77. The second-order valence-electron chi connectivity index (χ2n) is 2.39. The predicted molar refractivity (Wildman–Crippen MR) is 56.2 cm³/mol. The highest BCUT2D eigenvalue weighted by Crippen LogP contribution is 2.00. The van der Waals surface area contributed by atoms with Gasteiger partial charge in [0.15, 0.2) is 0 Å². The second-order valence-corrected chi connectivity index (χ2v) is 3.04. The summed E-state index contributed by atoms with van der Waals surface area (Å²) in [6.45, 7) is 0. The molecule has 0 aliphatic rings. The smallest absolute Gasteiger partial charge is 0.376 e. The Morgan fingerprint density at radius 2 is 2.21 bits per heavy atom. The summed E-state index contributed by atoms with van der Waals surface area (Å²) >= 11 is 3.25. The van der Waals surface area contributed by atoms with Gasteiger partial charge in [0, 0.05) is 23.3 Å². The minimum atomic E-state index is -0.527. The lowest BCUT2D eigenvalue weighted by atomic mass is 10.3. The molecule has 0 fully saturated rings. The highest BCUT2D eigenvalue weighted by molar-refractivity contribution is 9.09. The minimum Gasteiger partial charge on any atom is -0.463 e. The average Bonchev–Trinajstić information content (AvgIpc) is 2.26. The molecule has 74 valence electrons. The summed E-state index contributed by atoms with van der Waals surface area (Å²) in [5.41, 5.74) is 0.845. The predicted octanol–water partition coefficient (Wildman–Crippen LogP) is 1.67. The Morgan fingerprint density at radius 1 is 1.57 bits per heavy atom. The van der Waals surface area contributed by atoms with Gasteiger partial charge in [-0.05, 0) is 0 Å². The number of ether oxygens (including phenoxy) is 1. The molecule has 0 aromatic carbocycles. The van der Waals surface area contributed by atoms with E-state index in [2.05, 4.69) is 30.6 Å². The Balaban J connectivity index is 2.78. The number of allylic oxidation sites excluding steroid dienone is 1. The van der Waals surface area contributed by atoms with Crippen molar-refractivity contribution in [1.82, 2.24) is 9.97 Å². The lowest BCUT2D eigenvalue weighted by Gasteiger charge is -1.96. The highest BCUT2D eigenvalue weighted by atomic mass is 79.9. The maximum absolute atomic E-state index is 11.0. The Bertz CT molecular complexity index is 335. The zero-order chi connectivity index (χ0) is 10.4. The molecule has 1 rings (SSSR count). The fourth-order valence-corrected chi connectivity index (χ4v) is 0.988. The number of rotatable bonds is 3. The minimum absolute atomic E-state index is 0.0727. The fourth-order valence-electron chi connectivity index (χ4n) is 0.801. The maximum Gasteiger partial charge on any atom is 0.376 e. The van der Waals surface area contributed by atoms with Gasteiger partial charge in [0.25, 0.3) is 0 Å². The molecule has 0 atom stereocenters. The van der Waals surface area contributed by atoms with Crippen molar-refractivity contribution < 1.29 is 9.53 Å². The largest absolute Gasteiger partial charge is 0.463 e. The van der Waals surface area contributed by atoms with Gasteiger partial charge in [-0.3, -0.25) is 0 Å². The molecule has 0 saturated heterocycles. The van der Waals surface area contributed by atoms with E-state index in [0.717, 1.165) is 10.9 Å². The molecule has 1 aromatic heterocycles. The molecule has 0 unspecified atom stereocenters. The van der Waals surface area contributed by atoms with Crippen LogP contribution in [-0.2, 0) is 4.74 Å². The number of carbonyl (C=O) groups excluding carboxylic acids is 1. The molecule has 0 amide bonds. The first kappa shape index (κ1) is 10.8. The lowest BCUT2D eigenvalue weighted by molar-refractivity contribution is 0.0586. The topological polar surface area (TPSA) is 52.1 Å². The molecule has 1 aromatic rings. The third-order valence-corrected chi connectivity index (χ3v) is 1.81. The van der Waals surface area contributed by atoms with Crippen LogP contribution in [0.25, 0.3) is 6.08 Å². The van der Waals surface area contributed by atoms with Crippen LogP contribution in [0.5, 0.6) is 0 Å². The van der Waals surface area contributed by atoms with E-state index < -0.39 is 5.97 Å². The molecule has 0 spiro atoms. The standard InChI is InChI=1S/C9H9BrN2O2/c1-14-9(13)8-11-5-7(6-12-8)3-2-4-10/h2-3,5-6H,4H2,1H3. The van der Waals surface area contributed by atoms with E-state index in [4.69, 9.17) is 0 Å². The van der Waals surface area contributed by atoms with E-state index in [1.807, 2.05) is 12.2 Å². The van der Waals surface area contributed by atoms with E-state index in [1.54, 1.807) is 12.4 Å². The number of hydrogen-bond acceptors (Lipinski definition) is 4. The first-order valence-electron chi connectivity index (χ1n) is 3.90. The molecule has 0 bridgehead atoms. The van der Waals surface area contributed by atoms with Crippen molar-refractivity contribution in [3.63, 3.8) is 0 Å². The summed E-state index contributed by atoms with van der Waals surface area (Å²) < 4.78 is 4.47.